The molecule has 1 amide bonds. The maximum atomic E-state index is 12.4. The molecule has 0 N–H and O–H groups in total. The predicted molar refractivity (Wildman–Crippen MR) is 97.5 cm³/mol. The van der Waals surface area contributed by atoms with E-state index in [1.54, 1.807) is 6.26 Å². The number of aromatic nitrogens is 1. The molecule has 3 heterocycles. The minimum absolute atomic E-state index is 0.158. The molecule has 2 aromatic rings. The highest BCUT2D eigenvalue weighted by Crippen LogP contribution is 2.21. The molecule has 0 radical (unpaired) electrons. The third-order valence-electron chi connectivity index (χ3n) is 5.09. The molecule has 1 aromatic heterocycles. The summed E-state index contributed by atoms with van der Waals surface area (Å²) in [6.45, 7) is 6.73. The van der Waals surface area contributed by atoms with Gasteiger partial charge in [0.2, 0.25) is 5.89 Å². The standard InChI is InChI=1S/C20H25N3O3/c1-15-4-2-5-16(12-15)19-21-17(14-26-19)13-22-7-9-23(10-8-22)20(24)18-6-3-11-25-18/h2,4-5,12,14,18H,3,6-11,13H2,1H3. The van der Waals surface area contributed by atoms with Crippen LogP contribution in [0.25, 0.3) is 11.5 Å². The van der Waals surface area contributed by atoms with E-state index >= 15 is 0 Å². The van der Waals surface area contributed by atoms with Crippen LogP contribution in [0.1, 0.15) is 24.1 Å². The Balaban J connectivity index is 1.31. The monoisotopic (exact) mass is 355 g/mol. The summed E-state index contributed by atoms with van der Waals surface area (Å²) in [4.78, 5) is 21.3. The normalized spacial score (nSPS) is 21.3. The van der Waals surface area contributed by atoms with Gasteiger partial charge in [-0.25, -0.2) is 4.98 Å². The van der Waals surface area contributed by atoms with E-state index in [9.17, 15) is 4.79 Å². The van der Waals surface area contributed by atoms with Crippen molar-refractivity contribution < 1.29 is 13.9 Å². The van der Waals surface area contributed by atoms with Crippen LogP contribution in [0, 0.1) is 6.92 Å². The lowest BCUT2D eigenvalue weighted by atomic mass is 10.1. The number of oxazole rings is 1. The predicted octanol–water partition coefficient (Wildman–Crippen LogP) is 2.47. The summed E-state index contributed by atoms with van der Waals surface area (Å²) in [5.41, 5.74) is 3.12. The largest absolute Gasteiger partial charge is 0.444 e. The Morgan fingerprint density at radius 1 is 1.27 bits per heavy atom. The molecule has 0 spiro atoms. The first-order valence-electron chi connectivity index (χ1n) is 9.33. The van der Waals surface area contributed by atoms with Crippen molar-refractivity contribution in [1.82, 2.24) is 14.8 Å². The second-order valence-electron chi connectivity index (χ2n) is 7.12. The van der Waals surface area contributed by atoms with E-state index in [0.717, 1.165) is 56.8 Å². The minimum atomic E-state index is -0.214. The van der Waals surface area contributed by atoms with E-state index in [0.29, 0.717) is 12.5 Å². The lowest BCUT2D eigenvalue weighted by molar-refractivity contribution is -0.142. The first-order valence-corrected chi connectivity index (χ1v) is 9.33. The van der Waals surface area contributed by atoms with Crippen molar-refractivity contribution in [2.75, 3.05) is 32.8 Å². The van der Waals surface area contributed by atoms with Crippen LogP contribution in [0.15, 0.2) is 34.9 Å². The van der Waals surface area contributed by atoms with E-state index in [1.807, 2.05) is 17.0 Å². The molecule has 26 heavy (non-hydrogen) atoms. The summed E-state index contributed by atoms with van der Waals surface area (Å²) in [5.74, 6) is 0.821. The number of ether oxygens (including phenoxy) is 1. The van der Waals surface area contributed by atoms with Gasteiger partial charge in [-0.1, -0.05) is 17.7 Å². The Labute approximate surface area is 153 Å². The molecular weight excluding hydrogens is 330 g/mol. The molecule has 0 bridgehead atoms. The summed E-state index contributed by atoms with van der Waals surface area (Å²) in [6, 6.07) is 8.16. The summed E-state index contributed by atoms with van der Waals surface area (Å²) < 4.78 is 11.2. The molecule has 2 aliphatic rings. The van der Waals surface area contributed by atoms with Crippen LogP contribution >= 0.6 is 0 Å². The van der Waals surface area contributed by atoms with E-state index in [-0.39, 0.29) is 12.0 Å². The molecule has 6 nitrogen and oxygen atoms in total. The van der Waals surface area contributed by atoms with Crippen molar-refractivity contribution in [3.63, 3.8) is 0 Å². The molecular formula is C20H25N3O3. The number of rotatable bonds is 4. The topological polar surface area (TPSA) is 58.8 Å². The molecule has 4 rings (SSSR count). The van der Waals surface area contributed by atoms with Gasteiger partial charge in [0.25, 0.3) is 5.91 Å². The van der Waals surface area contributed by atoms with Crippen molar-refractivity contribution in [2.45, 2.75) is 32.4 Å². The molecule has 138 valence electrons. The zero-order chi connectivity index (χ0) is 17.9. The van der Waals surface area contributed by atoms with Crippen molar-refractivity contribution in [1.29, 1.82) is 0 Å². The summed E-state index contributed by atoms with van der Waals surface area (Å²) in [6.07, 6.45) is 3.38. The van der Waals surface area contributed by atoms with Crippen LogP contribution in [0.3, 0.4) is 0 Å². The van der Waals surface area contributed by atoms with E-state index in [4.69, 9.17) is 9.15 Å². The van der Waals surface area contributed by atoms with Crippen molar-refractivity contribution >= 4 is 5.91 Å². The number of amides is 1. The van der Waals surface area contributed by atoms with Gasteiger partial charge in [-0.2, -0.15) is 0 Å². The highest BCUT2D eigenvalue weighted by Gasteiger charge is 2.30. The Morgan fingerprint density at radius 3 is 2.85 bits per heavy atom. The van der Waals surface area contributed by atoms with Crippen LogP contribution < -0.4 is 0 Å². The second kappa shape index (κ2) is 7.60. The minimum Gasteiger partial charge on any atom is -0.444 e. The molecule has 0 saturated carbocycles. The Kier molecular flexibility index (Phi) is 5.04. The molecule has 2 aliphatic heterocycles. The number of piperazine rings is 1. The quantitative estimate of drug-likeness (QED) is 0.843. The van der Waals surface area contributed by atoms with Gasteiger partial charge >= 0.3 is 0 Å². The average Bonchev–Trinajstić information content (AvgIpc) is 3.34. The van der Waals surface area contributed by atoms with Crippen molar-refractivity contribution in [3.8, 4) is 11.5 Å². The maximum Gasteiger partial charge on any atom is 0.251 e. The highest BCUT2D eigenvalue weighted by atomic mass is 16.5. The summed E-state index contributed by atoms with van der Waals surface area (Å²) >= 11 is 0. The first kappa shape index (κ1) is 17.2. The van der Waals surface area contributed by atoms with Gasteiger partial charge in [0.15, 0.2) is 0 Å². The molecule has 1 aromatic carbocycles. The molecule has 0 aliphatic carbocycles. The lowest BCUT2D eigenvalue weighted by Crippen LogP contribution is -2.51. The van der Waals surface area contributed by atoms with Crippen LogP contribution in [0.2, 0.25) is 0 Å². The van der Waals surface area contributed by atoms with E-state index in [2.05, 4.69) is 28.9 Å². The lowest BCUT2D eigenvalue weighted by Gasteiger charge is -2.35. The highest BCUT2D eigenvalue weighted by molar-refractivity contribution is 5.81. The van der Waals surface area contributed by atoms with Gasteiger partial charge in [-0.05, 0) is 31.9 Å². The van der Waals surface area contributed by atoms with Crippen molar-refractivity contribution in [3.05, 3.63) is 41.8 Å². The molecule has 1 atom stereocenters. The number of benzene rings is 1. The number of nitrogens with zero attached hydrogens (tertiary/aromatic N) is 3. The van der Waals surface area contributed by atoms with Gasteiger partial charge in [-0.3, -0.25) is 9.69 Å². The fraction of sp³-hybridized carbons (Fsp3) is 0.500. The molecule has 2 fully saturated rings. The average molecular weight is 355 g/mol. The van der Waals surface area contributed by atoms with Crippen molar-refractivity contribution in [2.24, 2.45) is 0 Å². The van der Waals surface area contributed by atoms with Gasteiger partial charge in [0.1, 0.15) is 12.4 Å². The zero-order valence-corrected chi connectivity index (χ0v) is 15.2. The third kappa shape index (κ3) is 3.81. The van der Waals surface area contributed by atoms with Crippen LogP contribution in [-0.2, 0) is 16.1 Å². The van der Waals surface area contributed by atoms with Gasteiger partial charge in [0, 0.05) is 44.9 Å². The third-order valence-corrected chi connectivity index (χ3v) is 5.09. The number of hydrogen-bond donors (Lipinski definition) is 0. The summed E-state index contributed by atoms with van der Waals surface area (Å²) in [5, 5.41) is 0. The van der Waals surface area contributed by atoms with Gasteiger partial charge in [-0.15, -0.1) is 0 Å². The number of carbonyl (C=O) groups excluding carboxylic acids is 1. The number of aryl methyl sites for hydroxylation is 1. The fourth-order valence-corrected chi connectivity index (χ4v) is 3.62. The van der Waals surface area contributed by atoms with Gasteiger partial charge in [0.05, 0.1) is 5.69 Å². The Hall–Kier alpha value is -2.18. The zero-order valence-electron chi connectivity index (χ0n) is 15.2. The smallest absolute Gasteiger partial charge is 0.251 e. The first-order chi connectivity index (χ1) is 12.7. The van der Waals surface area contributed by atoms with E-state index in [1.165, 1.54) is 5.56 Å². The maximum absolute atomic E-state index is 12.4. The summed E-state index contributed by atoms with van der Waals surface area (Å²) in [7, 11) is 0. The van der Waals surface area contributed by atoms with E-state index < -0.39 is 0 Å². The molecule has 1 unspecified atom stereocenters. The van der Waals surface area contributed by atoms with Crippen LogP contribution in [0.4, 0.5) is 0 Å². The Bertz CT molecular complexity index is 759. The van der Waals surface area contributed by atoms with Gasteiger partial charge < -0.3 is 14.1 Å². The number of carbonyl (C=O) groups is 1. The Morgan fingerprint density at radius 2 is 2.12 bits per heavy atom. The molecule has 6 heteroatoms. The number of hydrogen-bond acceptors (Lipinski definition) is 5. The SMILES string of the molecule is Cc1cccc(-c2nc(CN3CCN(C(=O)C4CCCO4)CC3)co2)c1. The second-order valence-corrected chi connectivity index (χ2v) is 7.12. The molecule has 2 saturated heterocycles. The van der Waals surface area contributed by atoms with Crippen LogP contribution in [-0.4, -0.2) is 59.6 Å². The fourth-order valence-electron chi connectivity index (χ4n) is 3.62. The van der Waals surface area contributed by atoms with Crippen LogP contribution in [0.5, 0.6) is 0 Å².